The van der Waals surface area contributed by atoms with Crippen LogP contribution in [0.15, 0.2) is 60.7 Å². The molecule has 1 amide bonds. The van der Waals surface area contributed by atoms with Crippen LogP contribution >= 0.6 is 0 Å². The van der Waals surface area contributed by atoms with Gasteiger partial charge in [-0.05, 0) is 37.8 Å². The number of nitrogens with one attached hydrogen (secondary N) is 1. The lowest BCUT2D eigenvalue weighted by Crippen LogP contribution is -2.43. The molecule has 1 aliphatic carbocycles. The Balaban J connectivity index is 1.73. The first-order valence-electron chi connectivity index (χ1n) is 8.55. The first-order valence-corrected chi connectivity index (χ1v) is 8.55. The maximum atomic E-state index is 12.8. The summed E-state index contributed by atoms with van der Waals surface area (Å²) in [6, 6.07) is 19.5. The van der Waals surface area contributed by atoms with E-state index < -0.39 is 6.10 Å². The lowest BCUT2D eigenvalue weighted by Gasteiger charge is -2.28. The molecule has 4 heteroatoms. The molecule has 0 spiro atoms. The predicted molar refractivity (Wildman–Crippen MR) is 94.6 cm³/mol. The van der Waals surface area contributed by atoms with E-state index >= 15 is 0 Å². The number of hydrogen-bond donors (Lipinski definition) is 2. The Hall–Kier alpha value is -2.33. The van der Waals surface area contributed by atoms with Gasteiger partial charge in [0.15, 0.2) is 0 Å². The first kappa shape index (κ1) is 16.5. The van der Waals surface area contributed by atoms with Crippen molar-refractivity contribution in [3.63, 3.8) is 0 Å². The number of rotatable bonds is 5. The fourth-order valence-electron chi connectivity index (χ4n) is 3.08. The molecule has 4 nitrogen and oxygen atoms in total. The molecule has 126 valence electrons. The molecule has 0 saturated heterocycles. The molecule has 1 atom stereocenters. The van der Waals surface area contributed by atoms with Gasteiger partial charge in [0.1, 0.15) is 5.75 Å². The molecule has 2 aromatic rings. The molecule has 0 heterocycles. The Morgan fingerprint density at radius 1 is 0.958 bits per heavy atom. The predicted octanol–water partition coefficient (Wildman–Crippen LogP) is 3.19. The summed E-state index contributed by atoms with van der Waals surface area (Å²) in [4.78, 5) is 12.8. The van der Waals surface area contributed by atoms with E-state index in [-0.39, 0.29) is 18.0 Å². The summed E-state index contributed by atoms with van der Waals surface area (Å²) in [5.74, 6) is 0.595. The van der Waals surface area contributed by atoms with Crippen molar-refractivity contribution in [1.82, 2.24) is 5.32 Å². The Labute approximate surface area is 143 Å². The van der Waals surface area contributed by atoms with Crippen LogP contribution in [0.25, 0.3) is 0 Å². The summed E-state index contributed by atoms with van der Waals surface area (Å²) in [5, 5.41) is 3.14. The molecule has 3 rings (SSSR count). The Kier molecular flexibility index (Phi) is 5.49. The minimum absolute atomic E-state index is 0.0921. The molecular formula is C20H24N2O2. The van der Waals surface area contributed by atoms with Crippen molar-refractivity contribution < 1.29 is 9.53 Å². The van der Waals surface area contributed by atoms with Crippen molar-refractivity contribution in [3.05, 3.63) is 66.2 Å². The van der Waals surface area contributed by atoms with E-state index in [4.69, 9.17) is 10.5 Å². The SMILES string of the molecule is NC1CCC(NC(=O)C(Oc2ccccc2)c2ccccc2)CC1. The van der Waals surface area contributed by atoms with E-state index in [1.807, 2.05) is 60.7 Å². The quantitative estimate of drug-likeness (QED) is 0.888. The molecule has 0 radical (unpaired) electrons. The molecule has 1 unspecified atom stereocenters. The summed E-state index contributed by atoms with van der Waals surface area (Å²) in [7, 11) is 0. The Morgan fingerprint density at radius 2 is 1.54 bits per heavy atom. The third kappa shape index (κ3) is 4.36. The van der Waals surface area contributed by atoms with Gasteiger partial charge >= 0.3 is 0 Å². The highest BCUT2D eigenvalue weighted by Gasteiger charge is 2.27. The average Bonchev–Trinajstić information content (AvgIpc) is 2.63. The van der Waals surface area contributed by atoms with Crippen LogP contribution in [-0.2, 0) is 4.79 Å². The van der Waals surface area contributed by atoms with E-state index in [9.17, 15) is 4.79 Å². The number of nitrogens with two attached hydrogens (primary N) is 1. The zero-order valence-electron chi connectivity index (χ0n) is 13.7. The van der Waals surface area contributed by atoms with Crippen molar-refractivity contribution in [1.29, 1.82) is 0 Å². The normalized spacial score (nSPS) is 21.7. The van der Waals surface area contributed by atoms with E-state index in [0.717, 1.165) is 31.2 Å². The smallest absolute Gasteiger partial charge is 0.266 e. The van der Waals surface area contributed by atoms with Crippen molar-refractivity contribution >= 4 is 5.91 Å². The zero-order chi connectivity index (χ0) is 16.8. The minimum Gasteiger partial charge on any atom is -0.476 e. The van der Waals surface area contributed by atoms with Gasteiger partial charge < -0.3 is 15.8 Å². The number of benzene rings is 2. The second kappa shape index (κ2) is 7.97. The summed E-state index contributed by atoms with van der Waals surface area (Å²) in [6.07, 6.45) is 3.13. The number of carbonyl (C=O) groups excluding carboxylic acids is 1. The third-order valence-electron chi connectivity index (χ3n) is 4.46. The molecule has 1 saturated carbocycles. The molecule has 0 aliphatic heterocycles. The van der Waals surface area contributed by atoms with Crippen molar-refractivity contribution in [2.45, 2.75) is 43.9 Å². The highest BCUT2D eigenvalue weighted by molar-refractivity contribution is 5.82. The first-order chi connectivity index (χ1) is 11.7. The molecule has 24 heavy (non-hydrogen) atoms. The molecule has 2 aromatic carbocycles. The van der Waals surface area contributed by atoms with Crippen LogP contribution in [0.3, 0.4) is 0 Å². The van der Waals surface area contributed by atoms with Crippen LogP contribution < -0.4 is 15.8 Å². The maximum Gasteiger partial charge on any atom is 0.266 e. The highest BCUT2D eigenvalue weighted by atomic mass is 16.5. The number of hydrogen-bond acceptors (Lipinski definition) is 3. The Bertz CT molecular complexity index is 637. The van der Waals surface area contributed by atoms with E-state index in [1.165, 1.54) is 0 Å². The standard InChI is InChI=1S/C20H24N2O2/c21-16-11-13-17(14-12-16)22-20(23)19(15-7-3-1-4-8-15)24-18-9-5-2-6-10-18/h1-10,16-17,19H,11-14,21H2,(H,22,23). The number of para-hydroxylation sites is 1. The van der Waals surface area contributed by atoms with Gasteiger partial charge in [0.25, 0.3) is 5.91 Å². The molecule has 3 N–H and O–H groups in total. The van der Waals surface area contributed by atoms with Gasteiger partial charge in [-0.2, -0.15) is 0 Å². The van der Waals surface area contributed by atoms with Crippen LogP contribution in [0, 0.1) is 0 Å². The maximum absolute atomic E-state index is 12.8. The third-order valence-corrected chi connectivity index (χ3v) is 4.46. The molecular weight excluding hydrogens is 300 g/mol. The van der Waals surface area contributed by atoms with Gasteiger partial charge in [0.2, 0.25) is 6.10 Å². The lowest BCUT2D eigenvalue weighted by atomic mass is 9.91. The molecule has 0 bridgehead atoms. The zero-order valence-corrected chi connectivity index (χ0v) is 13.7. The van der Waals surface area contributed by atoms with Gasteiger partial charge in [0, 0.05) is 17.6 Å². The molecule has 1 fully saturated rings. The van der Waals surface area contributed by atoms with E-state index in [0.29, 0.717) is 5.75 Å². The Morgan fingerprint density at radius 3 is 2.17 bits per heavy atom. The summed E-state index contributed by atoms with van der Waals surface area (Å²) in [5.41, 5.74) is 6.80. The van der Waals surface area contributed by atoms with Crippen LogP contribution in [0.5, 0.6) is 5.75 Å². The molecule has 1 aliphatic rings. The van der Waals surface area contributed by atoms with Crippen molar-refractivity contribution in [2.75, 3.05) is 0 Å². The number of ether oxygens (including phenoxy) is 1. The van der Waals surface area contributed by atoms with Crippen LogP contribution in [0.1, 0.15) is 37.4 Å². The van der Waals surface area contributed by atoms with Gasteiger partial charge in [0.05, 0.1) is 0 Å². The second-order valence-electron chi connectivity index (χ2n) is 6.34. The fraction of sp³-hybridized carbons (Fsp3) is 0.350. The molecule has 0 aromatic heterocycles. The summed E-state index contributed by atoms with van der Waals surface area (Å²) >= 11 is 0. The van der Waals surface area contributed by atoms with Crippen LogP contribution in [0.4, 0.5) is 0 Å². The highest BCUT2D eigenvalue weighted by Crippen LogP contribution is 2.24. The van der Waals surface area contributed by atoms with E-state index in [2.05, 4.69) is 5.32 Å². The van der Waals surface area contributed by atoms with Gasteiger partial charge in [-0.25, -0.2) is 0 Å². The fourth-order valence-corrected chi connectivity index (χ4v) is 3.08. The average molecular weight is 324 g/mol. The van der Waals surface area contributed by atoms with Crippen LogP contribution in [-0.4, -0.2) is 18.0 Å². The number of carbonyl (C=O) groups is 1. The topological polar surface area (TPSA) is 64.3 Å². The van der Waals surface area contributed by atoms with Gasteiger partial charge in [-0.3, -0.25) is 4.79 Å². The second-order valence-corrected chi connectivity index (χ2v) is 6.34. The summed E-state index contributed by atoms with van der Waals surface area (Å²) < 4.78 is 5.99. The lowest BCUT2D eigenvalue weighted by molar-refractivity contribution is -0.129. The minimum atomic E-state index is -0.649. The van der Waals surface area contributed by atoms with Crippen LogP contribution in [0.2, 0.25) is 0 Å². The van der Waals surface area contributed by atoms with E-state index in [1.54, 1.807) is 0 Å². The summed E-state index contributed by atoms with van der Waals surface area (Å²) in [6.45, 7) is 0. The van der Waals surface area contributed by atoms with Crippen molar-refractivity contribution in [3.8, 4) is 5.75 Å². The van der Waals surface area contributed by atoms with Gasteiger partial charge in [-0.1, -0.05) is 48.5 Å². The number of amides is 1. The van der Waals surface area contributed by atoms with Crippen molar-refractivity contribution in [2.24, 2.45) is 5.73 Å². The monoisotopic (exact) mass is 324 g/mol. The largest absolute Gasteiger partial charge is 0.476 e. The van der Waals surface area contributed by atoms with Gasteiger partial charge in [-0.15, -0.1) is 0 Å².